The normalized spacial score (nSPS) is 11.0. The fraction of sp³-hybridized carbons (Fsp3) is 0.400. The first kappa shape index (κ1) is 14.7. The third-order valence-electron chi connectivity index (χ3n) is 3.17. The summed E-state index contributed by atoms with van der Waals surface area (Å²) in [7, 11) is 0. The number of nitrogens with one attached hydrogen (secondary N) is 1. The minimum Gasteiger partial charge on any atom is -0.394 e. The third kappa shape index (κ3) is 3.65. The molecule has 20 heavy (non-hydrogen) atoms. The molecular weight excluding hydrogens is 257 g/mol. The first-order valence-electron chi connectivity index (χ1n) is 6.68. The fourth-order valence-electron chi connectivity index (χ4n) is 2.21. The molecule has 0 spiro atoms. The minimum atomic E-state index is -0.126. The van der Waals surface area contributed by atoms with E-state index in [1.54, 1.807) is 24.7 Å². The van der Waals surface area contributed by atoms with Gasteiger partial charge in [0, 0.05) is 24.8 Å². The number of aryl methyl sites for hydroxylation is 2. The Balaban J connectivity index is 1.89. The Bertz CT molecular complexity index is 557. The number of hydrogen-bond donors (Lipinski definition) is 2. The van der Waals surface area contributed by atoms with Crippen molar-refractivity contribution in [2.24, 2.45) is 0 Å². The summed E-state index contributed by atoms with van der Waals surface area (Å²) in [5.74, 6) is -0.126. The molecule has 0 unspecified atom stereocenters. The molecule has 0 saturated carbocycles. The van der Waals surface area contributed by atoms with Crippen LogP contribution in [0.25, 0.3) is 0 Å². The molecule has 0 saturated heterocycles. The van der Waals surface area contributed by atoms with E-state index in [1.165, 1.54) is 0 Å². The van der Waals surface area contributed by atoms with Gasteiger partial charge < -0.3 is 10.4 Å². The van der Waals surface area contributed by atoms with Crippen LogP contribution < -0.4 is 5.32 Å². The van der Waals surface area contributed by atoms with Gasteiger partial charge in [-0.25, -0.2) is 4.39 Å². The van der Waals surface area contributed by atoms with Crippen molar-refractivity contribution in [1.82, 2.24) is 15.1 Å². The lowest BCUT2D eigenvalue weighted by atomic mass is 10.1. The Kier molecular flexibility index (Phi) is 4.87. The number of aromatic nitrogens is 2. The average molecular weight is 277 g/mol. The van der Waals surface area contributed by atoms with Crippen molar-refractivity contribution >= 4 is 0 Å². The smallest absolute Gasteiger partial charge is 0.129 e. The van der Waals surface area contributed by atoms with Crippen molar-refractivity contribution in [3.8, 4) is 0 Å². The Morgan fingerprint density at radius 1 is 1.20 bits per heavy atom. The molecule has 0 radical (unpaired) electrons. The summed E-state index contributed by atoms with van der Waals surface area (Å²) < 4.78 is 15.2. The quantitative estimate of drug-likeness (QED) is 0.848. The summed E-state index contributed by atoms with van der Waals surface area (Å²) in [6, 6.07) is 3.73. The first-order valence-corrected chi connectivity index (χ1v) is 6.68. The zero-order valence-electron chi connectivity index (χ0n) is 11.9. The van der Waals surface area contributed by atoms with Gasteiger partial charge in [0.05, 0.1) is 19.3 Å². The molecule has 0 aliphatic carbocycles. The van der Waals surface area contributed by atoms with Crippen LogP contribution in [0.4, 0.5) is 4.39 Å². The summed E-state index contributed by atoms with van der Waals surface area (Å²) in [4.78, 5) is 0. The van der Waals surface area contributed by atoms with Crippen LogP contribution in [0.2, 0.25) is 0 Å². The summed E-state index contributed by atoms with van der Waals surface area (Å²) in [5.41, 5.74) is 3.49. The van der Waals surface area contributed by atoms with Crippen LogP contribution in [0.5, 0.6) is 0 Å². The molecular formula is C15H20FN3O. The predicted molar refractivity (Wildman–Crippen MR) is 75.7 cm³/mol. The highest BCUT2D eigenvalue weighted by Gasteiger charge is 2.04. The van der Waals surface area contributed by atoms with Crippen LogP contribution in [-0.4, -0.2) is 21.5 Å². The molecule has 0 fully saturated rings. The van der Waals surface area contributed by atoms with Crippen molar-refractivity contribution in [2.75, 3.05) is 6.61 Å². The number of aliphatic hydroxyl groups is 1. The number of halogens is 1. The fourth-order valence-corrected chi connectivity index (χ4v) is 2.21. The molecule has 0 aliphatic heterocycles. The topological polar surface area (TPSA) is 50.1 Å². The lowest BCUT2D eigenvalue weighted by Gasteiger charge is -2.07. The van der Waals surface area contributed by atoms with Crippen molar-refractivity contribution in [3.05, 3.63) is 52.6 Å². The first-order chi connectivity index (χ1) is 9.60. The van der Waals surface area contributed by atoms with Crippen molar-refractivity contribution in [3.63, 3.8) is 0 Å². The Hall–Kier alpha value is -1.72. The van der Waals surface area contributed by atoms with Crippen LogP contribution in [0.3, 0.4) is 0 Å². The molecule has 2 rings (SSSR count). The highest BCUT2D eigenvalue weighted by Crippen LogP contribution is 2.14. The van der Waals surface area contributed by atoms with Gasteiger partial charge in [0.15, 0.2) is 0 Å². The molecule has 5 heteroatoms. The number of aliphatic hydroxyl groups excluding tert-OH is 1. The Labute approximate surface area is 118 Å². The van der Waals surface area contributed by atoms with Crippen molar-refractivity contribution in [1.29, 1.82) is 0 Å². The molecule has 4 nitrogen and oxygen atoms in total. The molecule has 108 valence electrons. The second-order valence-corrected chi connectivity index (χ2v) is 4.98. The minimum absolute atomic E-state index is 0.0860. The molecule has 0 aliphatic rings. The lowest BCUT2D eigenvalue weighted by Crippen LogP contribution is -2.13. The van der Waals surface area contributed by atoms with Crippen LogP contribution in [-0.2, 0) is 19.6 Å². The summed E-state index contributed by atoms with van der Waals surface area (Å²) in [5, 5.41) is 16.3. The summed E-state index contributed by atoms with van der Waals surface area (Å²) in [6.45, 7) is 5.54. The van der Waals surface area contributed by atoms with Crippen LogP contribution in [0, 0.1) is 19.7 Å². The van der Waals surface area contributed by atoms with Crippen molar-refractivity contribution < 1.29 is 9.50 Å². The van der Waals surface area contributed by atoms with E-state index in [0.717, 1.165) is 11.1 Å². The maximum absolute atomic E-state index is 13.5. The third-order valence-corrected chi connectivity index (χ3v) is 3.17. The van der Waals surface area contributed by atoms with Crippen LogP contribution in [0.1, 0.15) is 22.3 Å². The van der Waals surface area contributed by atoms with Gasteiger partial charge in [0.2, 0.25) is 0 Å². The molecule has 0 amide bonds. The van der Waals surface area contributed by atoms with Gasteiger partial charge in [-0.15, -0.1) is 0 Å². The maximum Gasteiger partial charge on any atom is 0.129 e. The molecule has 0 atom stereocenters. The number of benzene rings is 1. The van der Waals surface area contributed by atoms with Gasteiger partial charge in [-0.05, 0) is 30.5 Å². The van der Waals surface area contributed by atoms with E-state index in [9.17, 15) is 4.39 Å². The average Bonchev–Trinajstić information content (AvgIpc) is 2.84. The van der Waals surface area contributed by atoms with Gasteiger partial charge in [-0.3, -0.25) is 4.68 Å². The number of hydrogen-bond acceptors (Lipinski definition) is 3. The van der Waals surface area contributed by atoms with Gasteiger partial charge in [0.25, 0.3) is 0 Å². The standard InChI is InChI=1S/C15H20FN3O/c1-11-5-13(6-12(2)15(11)16)7-17-8-14-9-18-19(10-14)3-4-20/h5-6,9-10,17,20H,3-4,7-8H2,1-2H3. The van der Waals surface area contributed by atoms with E-state index >= 15 is 0 Å². The van der Waals surface area contributed by atoms with E-state index in [-0.39, 0.29) is 12.4 Å². The van der Waals surface area contributed by atoms with Gasteiger partial charge in [0.1, 0.15) is 5.82 Å². The molecule has 1 aromatic heterocycles. The molecule has 1 heterocycles. The van der Waals surface area contributed by atoms with E-state index in [0.29, 0.717) is 30.8 Å². The highest BCUT2D eigenvalue weighted by molar-refractivity contribution is 5.30. The molecule has 0 bridgehead atoms. The predicted octanol–water partition coefficient (Wildman–Crippen LogP) is 1.92. The largest absolute Gasteiger partial charge is 0.394 e. The van der Waals surface area contributed by atoms with Crippen LogP contribution >= 0.6 is 0 Å². The van der Waals surface area contributed by atoms with Gasteiger partial charge in [-0.1, -0.05) is 12.1 Å². The van der Waals surface area contributed by atoms with Gasteiger partial charge >= 0.3 is 0 Å². The van der Waals surface area contributed by atoms with E-state index < -0.39 is 0 Å². The molecule has 2 N–H and O–H groups in total. The van der Waals surface area contributed by atoms with E-state index in [1.807, 2.05) is 18.3 Å². The Morgan fingerprint density at radius 3 is 2.50 bits per heavy atom. The number of nitrogens with zero attached hydrogens (tertiary/aromatic N) is 2. The SMILES string of the molecule is Cc1cc(CNCc2cnn(CCO)c2)cc(C)c1F. The zero-order valence-corrected chi connectivity index (χ0v) is 11.9. The van der Waals surface area contributed by atoms with Crippen LogP contribution in [0.15, 0.2) is 24.5 Å². The van der Waals surface area contributed by atoms with Gasteiger partial charge in [-0.2, -0.15) is 5.10 Å². The summed E-state index contributed by atoms with van der Waals surface area (Å²) in [6.07, 6.45) is 3.69. The second kappa shape index (κ2) is 6.63. The summed E-state index contributed by atoms with van der Waals surface area (Å²) >= 11 is 0. The van der Waals surface area contributed by atoms with E-state index in [4.69, 9.17) is 5.11 Å². The maximum atomic E-state index is 13.5. The second-order valence-electron chi connectivity index (χ2n) is 4.98. The molecule has 1 aromatic carbocycles. The molecule has 2 aromatic rings. The monoisotopic (exact) mass is 277 g/mol. The highest BCUT2D eigenvalue weighted by atomic mass is 19.1. The Morgan fingerprint density at radius 2 is 1.85 bits per heavy atom. The van der Waals surface area contributed by atoms with E-state index in [2.05, 4.69) is 10.4 Å². The number of rotatable bonds is 6. The van der Waals surface area contributed by atoms with Crippen molar-refractivity contribution in [2.45, 2.75) is 33.5 Å². The lowest BCUT2D eigenvalue weighted by molar-refractivity contribution is 0.269. The zero-order chi connectivity index (χ0) is 14.5.